The topological polar surface area (TPSA) is 90.1 Å². The predicted molar refractivity (Wildman–Crippen MR) is 108 cm³/mol. The summed E-state index contributed by atoms with van der Waals surface area (Å²) >= 11 is 0. The second-order valence-corrected chi connectivity index (χ2v) is 6.97. The molecule has 1 saturated carbocycles. The maximum Gasteiger partial charge on any atom is 0.262 e. The lowest BCUT2D eigenvalue weighted by atomic mass is 10.0. The fourth-order valence-corrected chi connectivity index (χ4v) is 3.39. The van der Waals surface area contributed by atoms with E-state index in [1.54, 1.807) is 13.3 Å². The molecule has 4 aromatic rings. The zero-order valence-corrected chi connectivity index (χ0v) is 15.8. The summed E-state index contributed by atoms with van der Waals surface area (Å²) in [6.45, 7) is 0. The molecule has 5 rings (SSSR count). The molecule has 1 aliphatic rings. The Labute approximate surface area is 166 Å². The highest BCUT2D eigenvalue weighted by atomic mass is 16.5. The number of benzene rings is 2. The Bertz CT molecular complexity index is 1200. The van der Waals surface area contributed by atoms with Gasteiger partial charge in [0.1, 0.15) is 22.3 Å². The number of carbonyl (C=O) groups excluding carboxylic acids is 1. The van der Waals surface area contributed by atoms with Gasteiger partial charge < -0.3 is 14.6 Å². The van der Waals surface area contributed by atoms with Gasteiger partial charge in [-0.1, -0.05) is 35.5 Å². The van der Waals surface area contributed by atoms with Gasteiger partial charge in [0.15, 0.2) is 11.6 Å². The van der Waals surface area contributed by atoms with Crippen molar-refractivity contribution in [1.29, 1.82) is 0 Å². The Morgan fingerprint density at radius 3 is 2.69 bits per heavy atom. The molecule has 0 spiro atoms. The van der Waals surface area contributed by atoms with Crippen molar-refractivity contribution in [2.24, 2.45) is 0 Å². The van der Waals surface area contributed by atoms with E-state index in [4.69, 9.17) is 9.26 Å². The van der Waals surface area contributed by atoms with Crippen LogP contribution in [0.5, 0.6) is 5.75 Å². The molecule has 1 aliphatic carbocycles. The summed E-state index contributed by atoms with van der Waals surface area (Å²) < 4.78 is 10.7. The molecule has 1 amide bonds. The zero-order chi connectivity index (χ0) is 19.8. The first-order valence-electron chi connectivity index (χ1n) is 9.39. The third-order valence-corrected chi connectivity index (χ3v) is 5.00. The highest BCUT2D eigenvalue weighted by Crippen LogP contribution is 2.41. The molecular weight excluding hydrogens is 368 g/mol. The number of nitrogens with one attached hydrogen (secondary N) is 1. The molecule has 2 aromatic heterocycles. The van der Waals surface area contributed by atoms with Crippen LogP contribution >= 0.6 is 0 Å². The Hall–Kier alpha value is -3.74. The summed E-state index contributed by atoms with van der Waals surface area (Å²) in [5, 5.41) is 6.58. The molecule has 0 saturated heterocycles. The van der Waals surface area contributed by atoms with Gasteiger partial charge in [0.25, 0.3) is 5.91 Å². The monoisotopic (exact) mass is 386 g/mol. The highest BCUT2D eigenvalue weighted by molar-refractivity contribution is 6.05. The molecule has 1 N–H and O–H groups in total. The summed E-state index contributed by atoms with van der Waals surface area (Å²) in [6.07, 6.45) is 5.04. The van der Waals surface area contributed by atoms with E-state index in [2.05, 4.69) is 20.4 Å². The van der Waals surface area contributed by atoms with Crippen LogP contribution in [-0.4, -0.2) is 28.1 Å². The predicted octanol–water partition coefficient (Wildman–Crippen LogP) is 4.42. The molecule has 7 nitrogen and oxygen atoms in total. The third-order valence-electron chi connectivity index (χ3n) is 5.00. The molecule has 2 heterocycles. The minimum atomic E-state index is -0.306. The Morgan fingerprint density at radius 2 is 1.93 bits per heavy atom. The molecule has 29 heavy (non-hydrogen) atoms. The van der Waals surface area contributed by atoms with Gasteiger partial charge in [-0.2, -0.15) is 0 Å². The standard InChI is InChI=1S/C22H18N4O3/c1-28-17-10-9-15(13-5-3-2-4-6-13)19-20(17)25-18(12-23-19)26-22(27)16-11-24-29-21(16)14-7-8-14/h2-6,9-12,14H,7-8H2,1H3,(H,25,26,27). The maximum absolute atomic E-state index is 12.7. The van der Waals surface area contributed by atoms with Gasteiger partial charge in [-0.05, 0) is 30.5 Å². The van der Waals surface area contributed by atoms with Crippen molar-refractivity contribution in [2.45, 2.75) is 18.8 Å². The highest BCUT2D eigenvalue weighted by Gasteiger charge is 2.32. The van der Waals surface area contributed by atoms with Crippen LogP contribution in [0.25, 0.3) is 22.2 Å². The van der Waals surface area contributed by atoms with Crippen molar-refractivity contribution in [3.63, 3.8) is 0 Å². The van der Waals surface area contributed by atoms with Crippen LogP contribution in [0.2, 0.25) is 0 Å². The Balaban J connectivity index is 1.52. The Morgan fingerprint density at radius 1 is 1.10 bits per heavy atom. The number of fused-ring (bicyclic) bond motifs is 1. The smallest absolute Gasteiger partial charge is 0.262 e. The van der Waals surface area contributed by atoms with Gasteiger partial charge in [-0.3, -0.25) is 4.79 Å². The first kappa shape index (κ1) is 17.4. The number of carbonyl (C=O) groups is 1. The quantitative estimate of drug-likeness (QED) is 0.546. The third kappa shape index (κ3) is 3.20. The lowest BCUT2D eigenvalue weighted by molar-refractivity contribution is 0.102. The van der Waals surface area contributed by atoms with Crippen LogP contribution in [-0.2, 0) is 0 Å². The van der Waals surface area contributed by atoms with Crippen molar-refractivity contribution in [3.05, 3.63) is 66.2 Å². The van der Waals surface area contributed by atoms with Crippen molar-refractivity contribution in [1.82, 2.24) is 15.1 Å². The average Bonchev–Trinajstić information content (AvgIpc) is 3.49. The van der Waals surface area contributed by atoms with Crippen LogP contribution in [0.1, 0.15) is 34.9 Å². The van der Waals surface area contributed by atoms with Crippen molar-refractivity contribution in [2.75, 3.05) is 12.4 Å². The summed E-state index contributed by atoms with van der Waals surface area (Å²) in [6, 6.07) is 13.8. The average molecular weight is 386 g/mol. The number of rotatable bonds is 5. The number of aromatic nitrogens is 3. The number of methoxy groups -OCH3 is 1. The molecule has 0 bridgehead atoms. The summed E-state index contributed by atoms with van der Waals surface area (Å²) in [4.78, 5) is 21.9. The SMILES string of the molecule is COc1ccc(-c2ccccc2)c2ncc(NC(=O)c3cnoc3C3CC3)nc12. The fraction of sp³-hybridized carbons (Fsp3) is 0.182. The van der Waals surface area contributed by atoms with E-state index in [0.717, 1.165) is 24.0 Å². The van der Waals surface area contributed by atoms with Gasteiger partial charge in [0.05, 0.1) is 19.5 Å². The lowest BCUT2D eigenvalue weighted by Crippen LogP contribution is -2.14. The minimum absolute atomic E-state index is 0.287. The zero-order valence-electron chi connectivity index (χ0n) is 15.8. The molecule has 0 radical (unpaired) electrons. The van der Waals surface area contributed by atoms with E-state index in [1.165, 1.54) is 6.20 Å². The van der Waals surface area contributed by atoms with Crippen LogP contribution in [0.4, 0.5) is 5.82 Å². The van der Waals surface area contributed by atoms with Crippen molar-refractivity contribution in [3.8, 4) is 16.9 Å². The number of ether oxygens (including phenoxy) is 1. The summed E-state index contributed by atoms with van der Waals surface area (Å²) in [7, 11) is 1.59. The Kier molecular flexibility index (Phi) is 4.20. The molecule has 144 valence electrons. The van der Waals surface area contributed by atoms with E-state index in [9.17, 15) is 4.79 Å². The second kappa shape index (κ2) is 7.01. The van der Waals surface area contributed by atoms with Gasteiger partial charge in [-0.15, -0.1) is 0 Å². The first-order valence-corrected chi connectivity index (χ1v) is 9.39. The molecule has 2 aromatic carbocycles. The van der Waals surface area contributed by atoms with Crippen LogP contribution < -0.4 is 10.1 Å². The van der Waals surface area contributed by atoms with E-state index >= 15 is 0 Å². The molecule has 7 heteroatoms. The van der Waals surface area contributed by atoms with Gasteiger partial charge >= 0.3 is 0 Å². The van der Waals surface area contributed by atoms with Crippen LogP contribution in [0, 0.1) is 0 Å². The van der Waals surface area contributed by atoms with Crippen molar-refractivity contribution >= 4 is 22.8 Å². The van der Waals surface area contributed by atoms with E-state index in [0.29, 0.717) is 33.9 Å². The van der Waals surface area contributed by atoms with Gasteiger partial charge in [-0.25, -0.2) is 9.97 Å². The fourth-order valence-electron chi connectivity index (χ4n) is 3.39. The van der Waals surface area contributed by atoms with Gasteiger partial charge in [0.2, 0.25) is 0 Å². The number of amides is 1. The molecule has 0 unspecified atom stereocenters. The number of hydrogen-bond acceptors (Lipinski definition) is 6. The lowest BCUT2D eigenvalue weighted by Gasteiger charge is -2.11. The largest absolute Gasteiger partial charge is 0.494 e. The van der Waals surface area contributed by atoms with Crippen LogP contribution in [0.15, 0.2) is 59.4 Å². The molecule has 0 atom stereocenters. The number of hydrogen-bond donors (Lipinski definition) is 1. The molecule has 0 aliphatic heterocycles. The first-order chi connectivity index (χ1) is 14.2. The minimum Gasteiger partial charge on any atom is -0.494 e. The molecular formula is C22H18N4O3. The van der Waals surface area contributed by atoms with E-state index in [-0.39, 0.29) is 11.8 Å². The van der Waals surface area contributed by atoms with Crippen molar-refractivity contribution < 1.29 is 14.1 Å². The maximum atomic E-state index is 12.7. The summed E-state index contributed by atoms with van der Waals surface area (Å²) in [5.41, 5.74) is 3.71. The number of anilines is 1. The number of nitrogens with zero attached hydrogens (tertiary/aromatic N) is 3. The van der Waals surface area contributed by atoms with E-state index in [1.807, 2.05) is 42.5 Å². The molecule has 1 fully saturated rings. The second-order valence-electron chi connectivity index (χ2n) is 6.97. The normalized spacial score (nSPS) is 13.4. The van der Waals surface area contributed by atoms with Gasteiger partial charge in [0, 0.05) is 11.5 Å². The summed E-state index contributed by atoms with van der Waals surface area (Å²) in [5.74, 6) is 1.55. The van der Waals surface area contributed by atoms with E-state index < -0.39 is 0 Å². The van der Waals surface area contributed by atoms with Crippen LogP contribution in [0.3, 0.4) is 0 Å².